The van der Waals surface area contributed by atoms with Gasteiger partial charge < -0.3 is 15.4 Å². The first-order valence-electron chi connectivity index (χ1n) is 7.33. The highest BCUT2D eigenvalue weighted by Crippen LogP contribution is 2.52. The van der Waals surface area contributed by atoms with Crippen LogP contribution >= 0.6 is 22.9 Å². The second-order valence-electron chi connectivity index (χ2n) is 6.52. The zero-order valence-corrected chi connectivity index (χ0v) is 14.1. The predicted molar refractivity (Wildman–Crippen MR) is 84.8 cm³/mol. The lowest BCUT2D eigenvalue weighted by atomic mass is 9.57. The Kier molecular flexibility index (Phi) is 3.93. The number of ether oxygens (including phenoxy) is 1. The van der Waals surface area contributed by atoms with Crippen LogP contribution in [-0.4, -0.2) is 24.8 Å². The number of amides is 2. The van der Waals surface area contributed by atoms with E-state index in [0.717, 1.165) is 22.2 Å². The quantitative estimate of drug-likeness (QED) is 0.891. The number of hydrogen-bond acceptors (Lipinski definition) is 3. The molecule has 21 heavy (non-hydrogen) atoms. The van der Waals surface area contributed by atoms with Gasteiger partial charge in [0, 0.05) is 28.9 Å². The minimum atomic E-state index is -0.115. The second-order valence-corrected chi connectivity index (χ2v) is 8.27. The molecule has 4 nitrogen and oxygen atoms in total. The number of urea groups is 1. The summed E-state index contributed by atoms with van der Waals surface area (Å²) in [4.78, 5) is 13.3. The van der Waals surface area contributed by atoms with Crippen LogP contribution in [0.25, 0.3) is 0 Å². The molecule has 1 aromatic rings. The van der Waals surface area contributed by atoms with Crippen molar-refractivity contribution in [3.63, 3.8) is 0 Å². The van der Waals surface area contributed by atoms with Crippen molar-refractivity contribution in [2.45, 2.75) is 45.4 Å². The van der Waals surface area contributed by atoms with Crippen LogP contribution in [0.1, 0.15) is 38.1 Å². The number of rotatable bonds is 3. The highest BCUT2D eigenvalue weighted by atomic mass is 35.5. The number of nitrogens with one attached hydrogen (secondary N) is 2. The van der Waals surface area contributed by atoms with Crippen molar-refractivity contribution in [3.8, 4) is 0 Å². The average Bonchev–Trinajstić information content (AvgIpc) is 3.03. The Balaban J connectivity index is 1.57. The van der Waals surface area contributed by atoms with E-state index in [0.29, 0.717) is 5.92 Å². The first-order chi connectivity index (χ1) is 9.89. The molecule has 0 aromatic carbocycles. The van der Waals surface area contributed by atoms with Gasteiger partial charge in [-0.1, -0.05) is 25.4 Å². The summed E-state index contributed by atoms with van der Waals surface area (Å²) in [5.41, 5.74) is 0.00792. The largest absolute Gasteiger partial charge is 0.377 e. The Morgan fingerprint density at radius 1 is 1.52 bits per heavy atom. The van der Waals surface area contributed by atoms with Gasteiger partial charge in [0.25, 0.3) is 0 Å². The maximum Gasteiger partial charge on any atom is 0.315 e. The zero-order valence-electron chi connectivity index (χ0n) is 12.5. The molecule has 0 spiro atoms. The molecule has 1 saturated carbocycles. The van der Waals surface area contributed by atoms with Crippen LogP contribution in [0.2, 0.25) is 4.34 Å². The molecule has 1 aliphatic heterocycles. The summed E-state index contributed by atoms with van der Waals surface area (Å²) in [5.74, 6) is 0.456. The summed E-state index contributed by atoms with van der Waals surface area (Å²) in [6.07, 6.45) is 1.33. The molecule has 2 heterocycles. The second kappa shape index (κ2) is 5.45. The fourth-order valence-corrected chi connectivity index (χ4v) is 4.69. The standard InChI is InChI=1S/C15H21ClN2O2S/c1-8(10-4-5-11(16)21-10)17-14(19)18-12-9-6-7-20-13(9)15(12,2)3/h4-5,8-9,12-13H,6-7H2,1-3H3,(H2,17,18,19). The van der Waals surface area contributed by atoms with Crippen molar-refractivity contribution in [3.05, 3.63) is 21.3 Å². The first-order valence-corrected chi connectivity index (χ1v) is 8.53. The molecule has 2 aliphatic rings. The Morgan fingerprint density at radius 2 is 2.29 bits per heavy atom. The van der Waals surface area contributed by atoms with Gasteiger partial charge in [0.2, 0.25) is 0 Å². The first kappa shape index (κ1) is 15.1. The molecule has 4 atom stereocenters. The SMILES string of the molecule is CC(NC(=O)NC1C2CCOC2C1(C)C)c1ccc(Cl)s1. The van der Waals surface area contributed by atoms with Gasteiger partial charge in [-0.2, -0.15) is 0 Å². The average molecular weight is 329 g/mol. The molecule has 116 valence electrons. The summed E-state index contributed by atoms with van der Waals surface area (Å²) >= 11 is 7.43. The Hall–Kier alpha value is -0.780. The molecule has 4 unspecified atom stereocenters. The molecule has 6 heteroatoms. The fraction of sp³-hybridized carbons (Fsp3) is 0.667. The lowest BCUT2D eigenvalue weighted by Gasteiger charge is -2.54. The van der Waals surface area contributed by atoms with E-state index in [1.165, 1.54) is 11.3 Å². The highest BCUT2D eigenvalue weighted by molar-refractivity contribution is 7.16. The maximum absolute atomic E-state index is 12.2. The van der Waals surface area contributed by atoms with Gasteiger partial charge in [0.15, 0.2) is 0 Å². The van der Waals surface area contributed by atoms with Crippen molar-refractivity contribution in [1.29, 1.82) is 0 Å². The molecule has 2 N–H and O–H groups in total. The molecule has 1 aliphatic carbocycles. The molecule has 1 saturated heterocycles. The van der Waals surface area contributed by atoms with Crippen LogP contribution in [0.4, 0.5) is 4.79 Å². The summed E-state index contributed by atoms with van der Waals surface area (Å²) < 4.78 is 6.49. The molecule has 0 bridgehead atoms. The van der Waals surface area contributed by atoms with Crippen molar-refractivity contribution in [1.82, 2.24) is 10.6 Å². The van der Waals surface area contributed by atoms with Crippen molar-refractivity contribution in [2.75, 3.05) is 6.61 Å². The monoisotopic (exact) mass is 328 g/mol. The predicted octanol–water partition coefficient (Wildman–Crippen LogP) is 3.58. The van der Waals surface area contributed by atoms with E-state index in [-0.39, 0.29) is 29.6 Å². The minimum Gasteiger partial charge on any atom is -0.377 e. The Morgan fingerprint density at radius 3 is 2.95 bits per heavy atom. The van der Waals surface area contributed by atoms with E-state index >= 15 is 0 Å². The molecule has 2 fully saturated rings. The van der Waals surface area contributed by atoms with Gasteiger partial charge in [-0.05, 0) is 25.5 Å². The fourth-order valence-electron chi connectivity index (χ4n) is 3.63. The number of carbonyl (C=O) groups is 1. The molecule has 1 aromatic heterocycles. The normalized spacial score (nSPS) is 31.1. The minimum absolute atomic E-state index is 0.00792. The van der Waals surface area contributed by atoms with Crippen LogP contribution in [-0.2, 0) is 4.74 Å². The lowest BCUT2D eigenvalue weighted by molar-refractivity contribution is -0.108. The van der Waals surface area contributed by atoms with Crippen LogP contribution < -0.4 is 10.6 Å². The number of hydrogen-bond donors (Lipinski definition) is 2. The molecule has 3 rings (SSSR count). The third-order valence-corrected chi connectivity index (χ3v) is 6.17. The maximum atomic E-state index is 12.2. The lowest BCUT2D eigenvalue weighted by Crippen LogP contribution is -2.67. The summed E-state index contributed by atoms with van der Waals surface area (Å²) in [6.45, 7) is 7.09. The number of thiophene rings is 1. The molecule has 0 radical (unpaired) electrons. The summed E-state index contributed by atoms with van der Waals surface area (Å²) in [7, 11) is 0. The zero-order chi connectivity index (χ0) is 15.2. The smallest absolute Gasteiger partial charge is 0.315 e. The van der Waals surface area contributed by atoms with Crippen LogP contribution in [0.15, 0.2) is 12.1 Å². The van der Waals surface area contributed by atoms with E-state index in [9.17, 15) is 4.79 Å². The van der Waals surface area contributed by atoms with E-state index < -0.39 is 0 Å². The number of halogens is 1. The van der Waals surface area contributed by atoms with Gasteiger partial charge in [-0.25, -0.2) is 4.79 Å². The van der Waals surface area contributed by atoms with Gasteiger partial charge in [-0.15, -0.1) is 11.3 Å². The molecular weight excluding hydrogens is 308 g/mol. The van der Waals surface area contributed by atoms with E-state index in [1.807, 2.05) is 19.1 Å². The molecule has 2 amide bonds. The Labute approximate surface area is 134 Å². The number of carbonyl (C=O) groups excluding carboxylic acids is 1. The Bertz CT molecular complexity index is 546. The van der Waals surface area contributed by atoms with Gasteiger partial charge in [-0.3, -0.25) is 0 Å². The van der Waals surface area contributed by atoms with Crippen molar-refractivity contribution in [2.24, 2.45) is 11.3 Å². The third kappa shape index (κ3) is 2.67. The molecular formula is C15H21ClN2O2S. The van der Waals surface area contributed by atoms with Gasteiger partial charge in [0.1, 0.15) is 0 Å². The van der Waals surface area contributed by atoms with E-state index in [1.54, 1.807) is 0 Å². The van der Waals surface area contributed by atoms with E-state index in [2.05, 4.69) is 24.5 Å². The van der Waals surface area contributed by atoms with Gasteiger partial charge in [0.05, 0.1) is 16.5 Å². The highest BCUT2D eigenvalue weighted by Gasteiger charge is 2.59. The van der Waals surface area contributed by atoms with Crippen molar-refractivity contribution < 1.29 is 9.53 Å². The number of fused-ring (bicyclic) bond motifs is 1. The summed E-state index contributed by atoms with van der Waals surface area (Å²) in [5, 5.41) is 6.11. The summed E-state index contributed by atoms with van der Waals surface area (Å²) in [6, 6.07) is 3.83. The third-order valence-electron chi connectivity index (χ3n) is 4.76. The van der Waals surface area contributed by atoms with Crippen LogP contribution in [0.3, 0.4) is 0 Å². The van der Waals surface area contributed by atoms with Crippen molar-refractivity contribution >= 4 is 29.0 Å². The van der Waals surface area contributed by atoms with E-state index in [4.69, 9.17) is 16.3 Å². The van der Waals surface area contributed by atoms with Gasteiger partial charge >= 0.3 is 6.03 Å². The topological polar surface area (TPSA) is 50.4 Å². The van der Waals surface area contributed by atoms with Crippen LogP contribution in [0.5, 0.6) is 0 Å². The van der Waals surface area contributed by atoms with Crippen LogP contribution in [0, 0.1) is 11.3 Å².